The number of rotatable bonds is 15. The zero-order chi connectivity index (χ0) is 37.3. The van der Waals surface area contributed by atoms with Gasteiger partial charge in [0.1, 0.15) is 18.3 Å². The van der Waals surface area contributed by atoms with Crippen molar-refractivity contribution in [1.29, 1.82) is 0 Å². The summed E-state index contributed by atoms with van der Waals surface area (Å²) in [5.41, 5.74) is 1.53. The molecule has 1 atom stereocenters. The molecule has 2 amide bonds. The van der Waals surface area contributed by atoms with Gasteiger partial charge in [-0.2, -0.15) is 0 Å². The van der Waals surface area contributed by atoms with E-state index in [0.29, 0.717) is 16.3 Å². The third kappa shape index (κ3) is 9.50. The van der Waals surface area contributed by atoms with Crippen LogP contribution in [0.4, 0.5) is 5.69 Å². The molecule has 0 bridgehead atoms. The average molecular weight is 769 g/mol. The predicted octanol–water partition coefficient (Wildman–Crippen LogP) is 7.30. The highest BCUT2D eigenvalue weighted by atomic mass is 35.5. The molecule has 0 aliphatic heterocycles. The Hall–Kier alpha value is -4.45. The first-order valence-corrected chi connectivity index (χ1v) is 19.2. The van der Waals surface area contributed by atoms with Crippen molar-refractivity contribution in [3.05, 3.63) is 112 Å². The molecule has 1 aliphatic carbocycles. The number of methoxy groups -OCH3 is 3. The van der Waals surface area contributed by atoms with E-state index in [2.05, 4.69) is 5.32 Å². The maximum absolute atomic E-state index is 14.9. The molecule has 4 aromatic rings. The fourth-order valence-electron chi connectivity index (χ4n) is 6.41. The molecule has 0 spiro atoms. The zero-order valence-electron chi connectivity index (χ0n) is 29.4. The van der Waals surface area contributed by atoms with Crippen LogP contribution in [0.15, 0.2) is 95.9 Å². The summed E-state index contributed by atoms with van der Waals surface area (Å²) in [5, 5.41) is 3.89. The number of benzene rings is 4. The Labute approximate surface area is 315 Å². The highest BCUT2D eigenvalue weighted by Gasteiger charge is 2.36. The van der Waals surface area contributed by atoms with E-state index in [4.69, 9.17) is 37.4 Å². The Morgan fingerprint density at radius 1 is 0.769 bits per heavy atom. The molecule has 276 valence electrons. The number of halogens is 2. The van der Waals surface area contributed by atoms with Crippen LogP contribution in [0.3, 0.4) is 0 Å². The van der Waals surface area contributed by atoms with Crippen LogP contribution in [0.2, 0.25) is 10.0 Å². The van der Waals surface area contributed by atoms with E-state index >= 15 is 0 Å². The lowest BCUT2D eigenvalue weighted by Gasteiger charge is -2.35. The van der Waals surface area contributed by atoms with Gasteiger partial charge in [-0.1, -0.05) is 84.9 Å². The van der Waals surface area contributed by atoms with Gasteiger partial charge in [0.05, 0.1) is 31.9 Å². The van der Waals surface area contributed by atoms with Crippen molar-refractivity contribution in [3.8, 4) is 17.2 Å². The van der Waals surface area contributed by atoms with Gasteiger partial charge in [0.25, 0.3) is 10.0 Å². The lowest BCUT2D eigenvalue weighted by molar-refractivity contribution is -0.140. The van der Waals surface area contributed by atoms with Crippen LogP contribution in [0, 0.1) is 0 Å². The molecule has 0 unspecified atom stereocenters. The third-order valence-corrected chi connectivity index (χ3v) is 11.3. The summed E-state index contributed by atoms with van der Waals surface area (Å²) in [6.07, 6.45) is 4.99. The van der Waals surface area contributed by atoms with Crippen LogP contribution < -0.4 is 23.8 Å². The van der Waals surface area contributed by atoms with Crippen LogP contribution >= 0.6 is 23.2 Å². The molecule has 4 aromatic carbocycles. The van der Waals surface area contributed by atoms with Crippen molar-refractivity contribution in [3.63, 3.8) is 0 Å². The number of carbonyl (C=O) groups excluding carboxylic acids is 2. The quantitative estimate of drug-likeness (QED) is 0.135. The van der Waals surface area contributed by atoms with Gasteiger partial charge in [-0.05, 0) is 66.4 Å². The molecule has 0 aromatic heterocycles. The van der Waals surface area contributed by atoms with Gasteiger partial charge in [-0.25, -0.2) is 8.42 Å². The molecule has 1 N–H and O–H groups in total. The summed E-state index contributed by atoms with van der Waals surface area (Å²) in [5.74, 6) is -0.285. The lowest BCUT2D eigenvalue weighted by atomic mass is 9.94. The predicted molar refractivity (Wildman–Crippen MR) is 203 cm³/mol. The number of anilines is 1. The van der Waals surface area contributed by atoms with E-state index in [9.17, 15) is 18.0 Å². The van der Waals surface area contributed by atoms with Gasteiger partial charge >= 0.3 is 0 Å². The average Bonchev–Trinajstić information content (AvgIpc) is 3.15. The molecule has 13 heteroatoms. The number of hydrogen-bond donors (Lipinski definition) is 1. The summed E-state index contributed by atoms with van der Waals surface area (Å²) in [6, 6.07) is 24.1. The summed E-state index contributed by atoms with van der Waals surface area (Å²) in [7, 11) is -0.271. The number of amides is 2. The Morgan fingerprint density at radius 3 is 2.10 bits per heavy atom. The molecular formula is C39H43Cl2N3O7S. The maximum Gasteiger partial charge on any atom is 0.265 e. The standard InChI is InChI=1S/C39H43Cl2N3O7S/c1-49-35-19-17-30(41)23-33(35)44(52(47,48)32-18-20-36(50-2)37(24-32)51-3)26-38(45)43(25-28-13-10-14-29(40)21-28)34(22-27-11-6-4-7-12-27)39(46)42-31-15-8-5-9-16-31/h4,6-7,10-14,17-21,23-24,31,34H,5,8-9,15-16,22,25-26H2,1-3H3,(H,42,46)/t34-/m1/s1. The molecule has 0 radical (unpaired) electrons. The summed E-state index contributed by atoms with van der Waals surface area (Å²) < 4.78 is 46.6. The van der Waals surface area contributed by atoms with Crippen LogP contribution in [-0.2, 0) is 32.6 Å². The highest BCUT2D eigenvalue weighted by Crippen LogP contribution is 2.37. The number of nitrogens with zero attached hydrogens (tertiary/aromatic N) is 2. The lowest BCUT2D eigenvalue weighted by Crippen LogP contribution is -2.55. The Kier molecular flexibility index (Phi) is 13.3. The number of ether oxygens (including phenoxy) is 3. The monoisotopic (exact) mass is 767 g/mol. The minimum atomic E-state index is -4.51. The summed E-state index contributed by atoms with van der Waals surface area (Å²) >= 11 is 12.8. The first-order chi connectivity index (χ1) is 25.0. The van der Waals surface area contributed by atoms with E-state index in [1.165, 1.54) is 56.6 Å². The van der Waals surface area contributed by atoms with Gasteiger partial charge < -0.3 is 24.4 Å². The molecule has 1 aliphatic rings. The molecular weight excluding hydrogens is 725 g/mol. The van der Waals surface area contributed by atoms with Gasteiger partial charge in [0.15, 0.2) is 11.5 Å². The number of hydrogen-bond acceptors (Lipinski definition) is 7. The van der Waals surface area contributed by atoms with Gasteiger partial charge in [-0.15, -0.1) is 0 Å². The topological polar surface area (TPSA) is 114 Å². The molecule has 0 heterocycles. The Morgan fingerprint density at radius 2 is 1.42 bits per heavy atom. The van der Waals surface area contributed by atoms with E-state index in [0.717, 1.165) is 42.0 Å². The Bertz CT molecular complexity index is 1960. The second-order valence-corrected chi connectivity index (χ2v) is 15.3. The van der Waals surface area contributed by atoms with Gasteiger partial charge in [0.2, 0.25) is 11.8 Å². The molecule has 1 saturated carbocycles. The smallest absolute Gasteiger partial charge is 0.265 e. The van der Waals surface area contributed by atoms with Crippen LogP contribution in [0.25, 0.3) is 0 Å². The molecule has 10 nitrogen and oxygen atoms in total. The second kappa shape index (κ2) is 17.9. The fraction of sp³-hybridized carbons (Fsp3) is 0.333. The maximum atomic E-state index is 14.9. The van der Waals surface area contributed by atoms with E-state index in [1.54, 1.807) is 24.3 Å². The van der Waals surface area contributed by atoms with Crippen molar-refractivity contribution >= 4 is 50.7 Å². The minimum Gasteiger partial charge on any atom is -0.495 e. The third-order valence-electron chi connectivity index (χ3n) is 9.10. The first kappa shape index (κ1) is 38.8. The molecule has 1 fully saturated rings. The summed E-state index contributed by atoms with van der Waals surface area (Å²) in [4.78, 5) is 30.5. The SMILES string of the molecule is COc1ccc(S(=O)(=O)N(CC(=O)N(Cc2cccc(Cl)c2)[C@H](Cc2ccccc2)C(=O)NC2CCCCC2)c2cc(Cl)ccc2OC)cc1OC. The van der Waals surface area contributed by atoms with E-state index < -0.39 is 28.5 Å². The van der Waals surface area contributed by atoms with Crippen molar-refractivity contribution in [1.82, 2.24) is 10.2 Å². The van der Waals surface area contributed by atoms with Gasteiger partial charge in [0, 0.05) is 35.1 Å². The van der Waals surface area contributed by atoms with Gasteiger partial charge in [-0.3, -0.25) is 13.9 Å². The highest BCUT2D eigenvalue weighted by molar-refractivity contribution is 7.92. The minimum absolute atomic E-state index is 0.0219. The van der Waals surface area contributed by atoms with Crippen LogP contribution in [0.1, 0.15) is 43.2 Å². The second-order valence-electron chi connectivity index (χ2n) is 12.5. The normalized spacial score (nSPS) is 13.9. The van der Waals surface area contributed by atoms with E-state index in [1.807, 2.05) is 36.4 Å². The van der Waals surface area contributed by atoms with Crippen LogP contribution in [0.5, 0.6) is 17.2 Å². The van der Waals surface area contributed by atoms with Crippen molar-refractivity contribution in [2.24, 2.45) is 0 Å². The van der Waals surface area contributed by atoms with Crippen LogP contribution in [-0.4, -0.2) is 65.1 Å². The number of carbonyl (C=O) groups is 2. The molecule has 0 saturated heterocycles. The Balaban J connectivity index is 1.62. The first-order valence-electron chi connectivity index (χ1n) is 17.0. The van der Waals surface area contributed by atoms with E-state index in [-0.39, 0.29) is 52.0 Å². The van der Waals surface area contributed by atoms with Crippen molar-refractivity contribution in [2.45, 2.75) is 62.0 Å². The fourth-order valence-corrected chi connectivity index (χ4v) is 8.22. The molecule has 5 rings (SSSR count). The number of nitrogens with one attached hydrogen (secondary N) is 1. The number of sulfonamides is 1. The zero-order valence-corrected chi connectivity index (χ0v) is 31.7. The van der Waals surface area contributed by atoms with Crippen molar-refractivity contribution in [2.75, 3.05) is 32.2 Å². The summed E-state index contributed by atoms with van der Waals surface area (Å²) in [6.45, 7) is -0.720. The largest absolute Gasteiger partial charge is 0.495 e. The van der Waals surface area contributed by atoms with Crippen molar-refractivity contribution < 1.29 is 32.2 Å². The molecule has 52 heavy (non-hydrogen) atoms.